The Hall–Kier alpha value is -0.570. The first-order valence-corrected chi connectivity index (χ1v) is 6.24. The maximum absolute atomic E-state index is 10.3. The summed E-state index contributed by atoms with van der Waals surface area (Å²) in [5.41, 5.74) is 1.98. The molecule has 0 saturated carbocycles. The summed E-state index contributed by atoms with van der Waals surface area (Å²) in [5.74, 6) is 0. The van der Waals surface area contributed by atoms with Crippen molar-refractivity contribution in [2.75, 3.05) is 6.54 Å². The average molecular weight is 240 g/mol. The van der Waals surface area contributed by atoms with Gasteiger partial charge in [0.2, 0.25) is 0 Å². The third kappa shape index (κ3) is 2.57. The van der Waals surface area contributed by atoms with Crippen molar-refractivity contribution >= 4 is 11.6 Å². The molecule has 1 aliphatic heterocycles. The highest BCUT2D eigenvalue weighted by Gasteiger charge is 2.22. The molecule has 0 spiro atoms. The number of aliphatic hydroxyl groups excluding tert-OH is 1. The van der Waals surface area contributed by atoms with Crippen molar-refractivity contribution in [1.29, 1.82) is 0 Å². The van der Waals surface area contributed by atoms with Gasteiger partial charge in [0.05, 0.1) is 6.10 Å². The molecule has 0 aliphatic carbocycles. The van der Waals surface area contributed by atoms with Crippen LogP contribution in [-0.2, 0) is 0 Å². The zero-order chi connectivity index (χ0) is 11.5. The molecular weight excluding hydrogens is 222 g/mol. The van der Waals surface area contributed by atoms with Crippen LogP contribution < -0.4 is 5.32 Å². The van der Waals surface area contributed by atoms with Crippen LogP contribution in [-0.4, -0.2) is 17.7 Å². The Morgan fingerprint density at radius 2 is 2.25 bits per heavy atom. The number of piperidine rings is 1. The van der Waals surface area contributed by atoms with E-state index in [1.54, 1.807) is 0 Å². The molecule has 1 fully saturated rings. The summed E-state index contributed by atoms with van der Waals surface area (Å²) < 4.78 is 0. The molecule has 1 saturated heterocycles. The lowest BCUT2D eigenvalue weighted by molar-refractivity contribution is 0.114. The van der Waals surface area contributed by atoms with Crippen molar-refractivity contribution in [2.45, 2.75) is 38.3 Å². The van der Waals surface area contributed by atoms with Crippen LogP contribution >= 0.6 is 11.6 Å². The highest BCUT2D eigenvalue weighted by molar-refractivity contribution is 6.31. The Bertz CT molecular complexity index is 361. The van der Waals surface area contributed by atoms with Gasteiger partial charge >= 0.3 is 0 Å². The SMILES string of the molecule is Cc1cc(C(O)C2CCCCN2)ccc1Cl. The Morgan fingerprint density at radius 3 is 2.88 bits per heavy atom. The van der Waals surface area contributed by atoms with Gasteiger partial charge < -0.3 is 10.4 Å². The Kier molecular flexibility index (Phi) is 3.85. The Morgan fingerprint density at radius 1 is 1.44 bits per heavy atom. The summed E-state index contributed by atoms with van der Waals surface area (Å²) in [4.78, 5) is 0. The van der Waals surface area contributed by atoms with Crippen LogP contribution in [0.1, 0.15) is 36.5 Å². The van der Waals surface area contributed by atoms with E-state index in [9.17, 15) is 5.11 Å². The van der Waals surface area contributed by atoms with Gasteiger partial charge in [-0.2, -0.15) is 0 Å². The lowest BCUT2D eigenvalue weighted by Crippen LogP contribution is -2.38. The van der Waals surface area contributed by atoms with E-state index < -0.39 is 6.10 Å². The van der Waals surface area contributed by atoms with Gasteiger partial charge in [-0.15, -0.1) is 0 Å². The van der Waals surface area contributed by atoms with Crippen LogP contribution in [0, 0.1) is 6.92 Å². The number of hydrogen-bond acceptors (Lipinski definition) is 2. The molecule has 2 N–H and O–H groups in total. The summed E-state index contributed by atoms with van der Waals surface area (Å²) in [6, 6.07) is 5.94. The fourth-order valence-electron chi connectivity index (χ4n) is 2.23. The number of aliphatic hydroxyl groups is 1. The van der Waals surface area contributed by atoms with Gasteiger partial charge in [0.15, 0.2) is 0 Å². The second-order valence-electron chi connectivity index (χ2n) is 4.51. The molecule has 16 heavy (non-hydrogen) atoms. The van der Waals surface area contributed by atoms with Crippen LogP contribution in [0.25, 0.3) is 0 Å². The minimum absolute atomic E-state index is 0.189. The fraction of sp³-hybridized carbons (Fsp3) is 0.538. The van der Waals surface area contributed by atoms with E-state index in [1.807, 2.05) is 25.1 Å². The molecular formula is C13H18ClNO. The summed E-state index contributed by atoms with van der Waals surface area (Å²) in [7, 11) is 0. The maximum Gasteiger partial charge on any atom is 0.0943 e. The predicted octanol–water partition coefficient (Wildman–Crippen LogP) is 2.82. The summed E-state index contributed by atoms with van der Waals surface area (Å²) in [6.07, 6.45) is 3.03. The molecule has 2 atom stereocenters. The van der Waals surface area contributed by atoms with Gasteiger partial charge in [-0.1, -0.05) is 30.2 Å². The van der Waals surface area contributed by atoms with E-state index in [4.69, 9.17) is 11.6 Å². The van der Waals surface area contributed by atoms with Crippen molar-refractivity contribution in [3.05, 3.63) is 34.3 Å². The van der Waals surface area contributed by atoms with Gasteiger partial charge in [0, 0.05) is 11.1 Å². The molecule has 2 unspecified atom stereocenters. The minimum Gasteiger partial charge on any atom is -0.387 e. The fourth-order valence-corrected chi connectivity index (χ4v) is 2.35. The number of aryl methyl sites for hydroxylation is 1. The molecule has 0 amide bonds. The van der Waals surface area contributed by atoms with E-state index in [-0.39, 0.29) is 6.04 Å². The van der Waals surface area contributed by atoms with Crippen molar-refractivity contribution in [2.24, 2.45) is 0 Å². The van der Waals surface area contributed by atoms with Gasteiger partial charge in [-0.25, -0.2) is 0 Å². The molecule has 1 aromatic rings. The standard InChI is InChI=1S/C13H18ClNO/c1-9-8-10(5-6-11(9)14)13(16)12-4-2-3-7-15-12/h5-6,8,12-13,15-16H,2-4,7H2,1H3. The average Bonchev–Trinajstić information content (AvgIpc) is 2.33. The van der Waals surface area contributed by atoms with Gasteiger partial charge in [-0.05, 0) is 43.5 Å². The van der Waals surface area contributed by atoms with Crippen molar-refractivity contribution in [1.82, 2.24) is 5.32 Å². The molecule has 2 nitrogen and oxygen atoms in total. The van der Waals surface area contributed by atoms with Crippen molar-refractivity contribution in [3.63, 3.8) is 0 Å². The maximum atomic E-state index is 10.3. The predicted molar refractivity (Wildman–Crippen MR) is 66.8 cm³/mol. The first kappa shape index (κ1) is 11.9. The summed E-state index contributed by atoms with van der Waals surface area (Å²) in [5, 5.41) is 14.4. The molecule has 88 valence electrons. The van der Waals surface area contributed by atoms with Gasteiger partial charge in [0.25, 0.3) is 0 Å². The minimum atomic E-state index is -0.420. The number of rotatable bonds is 2. The quantitative estimate of drug-likeness (QED) is 0.832. The van der Waals surface area contributed by atoms with Crippen molar-refractivity contribution < 1.29 is 5.11 Å². The third-order valence-electron chi connectivity index (χ3n) is 3.25. The lowest BCUT2D eigenvalue weighted by atomic mass is 9.94. The zero-order valence-electron chi connectivity index (χ0n) is 9.54. The number of hydrogen-bond donors (Lipinski definition) is 2. The van der Waals surface area contributed by atoms with E-state index in [0.717, 1.165) is 29.1 Å². The first-order valence-electron chi connectivity index (χ1n) is 5.86. The van der Waals surface area contributed by atoms with E-state index >= 15 is 0 Å². The van der Waals surface area contributed by atoms with Crippen LogP contribution in [0.15, 0.2) is 18.2 Å². The smallest absolute Gasteiger partial charge is 0.0943 e. The molecule has 3 heteroatoms. The summed E-state index contributed by atoms with van der Waals surface area (Å²) in [6.45, 7) is 2.97. The second-order valence-corrected chi connectivity index (χ2v) is 4.92. The van der Waals surface area contributed by atoms with E-state index in [1.165, 1.54) is 12.8 Å². The second kappa shape index (κ2) is 5.17. The van der Waals surface area contributed by atoms with Gasteiger partial charge in [0.1, 0.15) is 0 Å². The monoisotopic (exact) mass is 239 g/mol. The Balaban J connectivity index is 2.12. The van der Waals surface area contributed by atoms with Crippen LogP contribution in [0.2, 0.25) is 5.02 Å². The Labute approximate surface area is 102 Å². The third-order valence-corrected chi connectivity index (χ3v) is 3.68. The van der Waals surface area contributed by atoms with Crippen molar-refractivity contribution in [3.8, 4) is 0 Å². The zero-order valence-corrected chi connectivity index (χ0v) is 10.3. The molecule has 1 heterocycles. The van der Waals surface area contributed by atoms with Crippen LogP contribution in [0.4, 0.5) is 0 Å². The first-order chi connectivity index (χ1) is 7.68. The summed E-state index contributed by atoms with van der Waals surface area (Å²) >= 11 is 5.97. The molecule has 1 aromatic carbocycles. The molecule has 0 radical (unpaired) electrons. The van der Waals surface area contributed by atoms with E-state index in [2.05, 4.69) is 5.32 Å². The normalized spacial score (nSPS) is 23.1. The van der Waals surface area contributed by atoms with Crippen LogP contribution in [0.3, 0.4) is 0 Å². The number of benzene rings is 1. The van der Waals surface area contributed by atoms with Gasteiger partial charge in [-0.3, -0.25) is 0 Å². The van der Waals surface area contributed by atoms with Crippen LogP contribution in [0.5, 0.6) is 0 Å². The number of nitrogens with one attached hydrogen (secondary N) is 1. The molecule has 0 aromatic heterocycles. The molecule has 0 bridgehead atoms. The highest BCUT2D eigenvalue weighted by Crippen LogP contribution is 2.26. The van der Waals surface area contributed by atoms with E-state index in [0.29, 0.717) is 0 Å². The molecule has 1 aliphatic rings. The largest absolute Gasteiger partial charge is 0.387 e. The topological polar surface area (TPSA) is 32.3 Å². The highest BCUT2D eigenvalue weighted by atomic mass is 35.5. The number of halogens is 1. The molecule has 2 rings (SSSR count). The lowest BCUT2D eigenvalue weighted by Gasteiger charge is -2.28.